The fourth-order valence-electron chi connectivity index (χ4n) is 4.70. The van der Waals surface area contributed by atoms with E-state index < -0.39 is 11.5 Å². The van der Waals surface area contributed by atoms with Gasteiger partial charge < -0.3 is 16.0 Å². The molecule has 1 aliphatic rings. The van der Waals surface area contributed by atoms with Crippen LogP contribution in [0.3, 0.4) is 0 Å². The Labute approximate surface area is 211 Å². The van der Waals surface area contributed by atoms with Gasteiger partial charge in [-0.05, 0) is 41.5 Å². The maximum atomic E-state index is 13.5. The molecule has 4 rings (SSSR count). The summed E-state index contributed by atoms with van der Waals surface area (Å²) in [6, 6.07) is 15.1. The molecule has 0 aliphatic carbocycles. The van der Waals surface area contributed by atoms with Gasteiger partial charge in [0.2, 0.25) is 5.91 Å². The molecule has 1 aromatic heterocycles. The van der Waals surface area contributed by atoms with Crippen LogP contribution in [0.2, 0.25) is 0 Å². The van der Waals surface area contributed by atoms with Crippen molar-refractivity contribution in [3.05, 3.63) is 59.8 Å². The number of anilines is 1. The zero-order valence-electron chi connectivity index (χ0n) is 21.4. The van der Waals surface area contributed by atoms with E-state index in [2.05, 4.69) is 21.0 Å². The predicted molar refractivity (Wildman–Crippen MR) is 141 cm³/mol. The van der Waals surface area contributed by atoms with Gasteiger partial charge in [-0.15, -0.1) is 0 Å². The van der Waals surface area contributed by atoms with Crippen molar-refractivity contribution in [3.63, 3.8) is 0 Å². The number of rotatable bonds is 9. The molecule has 8 nitrogen and oxygen atoms in total. The average Bonchev–Trinajstić information content (AvgIpc) is 3.44. The monoisotopic (exact) mass is 489 g/mol. The van der Waals surface area contributed by atoms with Gasteiger partial charge in [0.25, 0.3) is 5.91 Å². The van der Waals surface area contributed by atoms with Crippen LogP contribution in [0.4, 0.5) is 5.69 Å². The summed E-state index contributed by atoms with van der Waals surface area (Å²) in [5.74, 6) is -0.182. The zero-order valence-corrected chi connectivity index (χ0v) is 21.4. The number of carbonyl (C=O) groups is 3. The fourth-order valence-corrected chi connectivity index (χ4v) is 4.70. The van der Waals surface area contributed by atoms with Gasteiger partial charge in [-0.25, -0.2) is 0 Å². The summed E-state index contributed by atoms with van der Waals surface area (Å²) in [6.45, 7) is 6.97. The molecule has 0 saturated carbocycles. The van der Waals surface area contributed by atoms with Gasteiger partial charge in [0.05, 0.1) is 18.1 Å². The van der Waals surface area contributed by atoms with Crippen molar-refractivity contribution < 1.29 is 14.4 Å². The molecule has 190 valence electrons. The Morgan fingerprint density at radius 2 is 1.86 bits per heavy atom. The molecule has 1 fully saturated rings. The zero-order chi connectivity index (χ0) is 25.9. The highest BCUT2D eigenvalue weighted by atomic mass is 16.2. The molecule has 3 N–H and O–H groups in total. The molecule has 2 heterocycles. The van der Waals surface area contributed by atoms with E-state index in [0.717, 1.165) is 22.2 Å². The van der Waals surface area contributed by atoms with Crippen molar-refractivity contribution in [3.8, 4) is 0 Å². The Bertz CT molecular complexity index is 1260. The van der Waals surface area contributed by atoms with Crippen LogP contribution in [0.25, 0.3) is 10.9 Å². The van der Waals surface area contributed by atoms with Gasteiger partial charge in [0.15, 0.2) is 11.5 Å². The summed E-state index contributed by atoms with van der Waals surface area (Å²) in [6.07, 6.45) is 1.41. The highest BCUT2D eigenvalue weighted by Gasteiger charge is 2.34. The number of Topliss-reactive ketones (excluding diaryl/α,β-unsaturated/α-hetero) is 1. The number of aromatic nitrogens is 2. The second kappa shape index (κ2) is 10.5. The summed E-state index contributed by atoms with van der Waals surface area (Å²) in [5, 5.41) is 14.3. The quantitative estimate of drug-likeness (QED) is 0.425. The summed E-state index contributed by atoms with van der Waals surface area (Å²) in [4.78, 5) is 38.2. The van der Waals surface area contributed by atoms with Gasteiger partial charge >= 0.3 is 0 Å². The second-order valence-corrected chi connectivity index (χ2v) is 10.6. The van der Waals surface area contributed by atoms with E-state index in [1.807, 2.05) is 81.0 Å². The summed E-state index contributed by atoms with van der Waals surface area (Å²) in [7, 11) is 1.88. The third kappa shape index (κ3) is 5.75. The minimum absolute atomic E-state index is 0.0245. The van der Waals surface area contributed by atoms with Crippen LogP contribution in [0.5, 0.6) is 0 Å². The first-order valence-electron chi connectivity index (χ1n) is 12.5. The predicted octanol–water partition coefficient (Wildman–Crippen LogP) is 3.76. The van der Waals surface area contributed by atoms with Gasteiger partial charge in [0, 0.05) is 37.5 Å². The highest BCUT2D eigenvalue weighted by Crippen LogP contribution is 2.26. The van der Waals surface area contributed by atoms with Crippen LogP contribution in [-0.4, -0.2) is 47.0 Å². The smallest absolute Gasteiger partial charge is 0.273 e. The number of hydrogen-bond acceptors (Lipinski definition) is 5. The fraction of sp³-hybridized carbons (Fsp3) is 0.429. The van der Waals surface area contributed by atoms with E-state index in [0.29, 0.717) is 38.0 Å². The Morgan fingerprint density at radius 3 is 2.50 bits per heavy atom. The highest BCUT2D eigenvalue weighted by molar-refractivity contribution is 6.06. The van der Waals surface area contributed by atoms with Crippen LogP contribution >= 0.6 is 0 Å². The van der Waals surface area contributed by atoms with E-state index in [1.54, 1.807) is 0 Å². The summed E-state index contributed by atoms with van der Waals surface area (Å²) >= 11 is 0. The first-order chi connectivity index (χ1) is 17.2. The molecular weight excluding hydrogens is 454 g/mol. The third-order valence-corrected chi connectivity index (χ3v) is 6.77. The number of para-hydroxylation sites is 1. The SMILES string of the molecule is CNc1ccc(Cn2nc(C(=O)NC(C(=O)CCC3CNC(=O)C3)C(C)(C)C)c3ccccc32)cc1. The van der Waals surface area contributed by atoms with Crippen LogP contribution in [0.1, 0.15) is 56.1 Å². The average molecular weight is 490 g/mol. The van der Waals surface area contributed by atoms with E-state index >= 15 is 0 Å². The molecule has 0 radical (unpaired) electrons. The molecule has 36 heavy (non-hydrogen) atoms. The van der Waals surface area contributed by atoms with Crippen LogP contribution in [0.15, 0.2) is 48.5 Å². The van der Waals surface area contributed by atoms with E-state index in [-0.39, 0.29) is 23.5 Å². The topological polar surface area (TPSA) is 105 Å². The minimum Gasteiger partial charge on any atom is -0.388 e. The Balaban J connectivity index is 1.53. The lowest BCUT2D eigenvalue weighted by atomic mass is 9.82. The number of nitrogens with zero attached hydrogens (tertiary/aromatic N) is 2. The van der Waals surface area contributed by atoms with Crippen molar-refractivity contribution in [1.82, 2.24) is 20.4 Å². The number of nitrogens with one attached hydrogen (secondary N) is 3. The number of ketones is 1. The van der Waals surface area contributed by atoms with Crippen LogP contribution < -0.4 is 16.0 Å². The largest absolute Gasteiger partial charge is 0.388 e. The van der Waals surface area contributed by atoms with Crippen molar-refractivity contribution in [1.29, 1.82) is 0 Å². The second-order valence-electron chi connectivity index (χ2n) is 10.6. The lowest BCUT2D eigenvalue weighted by Crippen LogP contribution is -2.49. The van der Waals surface area contributed by atoms with Gasteiger partial charge in [-0.2, -0.15) is 5.10 Å². The first kappa shape index (κ1) is 25.4. The van der Waals surface area contributed by atoms with E-state index in [4.69, 9.17) is 0 Å². The molecular formula is C28H35N5O3. The molecule has 2 aromatic carbocycles. The Kier molecular flexibility index (Phi) is 7.43. The Hall–Kier alpha value is -3.68. The lowest BCUT2D eigenvalue weighted by molar-refractivity contribution is -0.124. The van der Waals surface area contributed by atoms with Crippen LogP contribution in [0, 0.1) is 11.3 Å². The summed E-state index contributed by atoms with van der Waals surface area (Å²) < 4.78 is 1.83. The van der Waals surface area contributed by atoms with E-state index in [1.165, 1.54) is 0 Å². The normalized spacial score (nSPS) is 16.6. The number of fused-ring (bicyclic) bond motifs is 1. The molecule has 2 unspecified atom stereocenters. The number of amides is 2. The molecule has 2 atom stereocenters. The van der Waals surface area contributed by atoms with Crippen molar-refractivity contribution >= 4 is 34.2 Å². The first-order valence-corrected chi connectivity index (χ1v) is 12.5. The third-order valence-electron chi connectivity index (χ3n) is 6.77. The maximum absolute atomic E-state index is 13.5. The summed E-state index contributed by atoms with van der Waals surface area (Å²) in [5.41, 5.74) is 2.79. The number of carbonyl (C=O) groups excluding carboxylic acids is 3. The molecule has 3 aromatic rings. The molecule has 8 heteroatoms. The Morgan fingerprint density at radius 1 is 1.14 bits per heavy atom. The van der Waals surface area contributed by atoms with Gasteiger partial charge in [0.1, 0.15) is 0 Å². The maximum Gasteiger partial charge on any atom is 0.273 e. The van der Waals surface area contributed by atoms with Gasteiger partial charge in [-0.1, -0.05) is 51.1 Å². The standard InChI is InChI=1S/C28H35N5O3/c1-28(2,3)26(23(34)14-11-19-15-24(35)30-16-19)31-27(36)25-21-7-5-6-8-22(21)33(32-25)17-18-9-12-20(29-4)13-10-18/h5-10,12-13,19,26,29H,11,14-17H2,1-4H3,(H,30,35)(H,31,36). The van der Waals surface area contributed by atoms with Gasteiger partial charge in [-0.3, -0.25) is 19.1 Å². The van der Waals surface area contributed by atoms with Crippen molar-refractivity contribution in [2.45, 2.75) is 52.6 Å². The molecule has 0 spiro atoms. The molecule has 0 bridgehead atoms. The van der Waals surface area contributed by atoms with Crippen molar-refractivity contribution in [2.75, 3.05) is 18.9 Å². The lowest BCUT2D eigenvalue weighted by Gasteiger charge is -2.30. The van der Waals surface area contributed by atoms with Crippen LogP contribution in [-0.2, 0) is 16.1 Å². The molecule has 2 amide bonds. The molecule has 1 saturated heterocycles. The number of hydrogen-bond donors (Lipinski definition) is 3. The van der Waals surface area contributed by atoms with E-state index in [9.17, 15) is 14.4 Å². The minimum atomic E-state index is -0.659. The number of benzene rings is 2. The van der Waals surface area contributed by atoms with Crippen molar-refractivity contribution in [2.24, 2.45) is 11.3 Å². The molecule has 1 aliphatic heterocycles.